The van der Waals surface area contributed by atoms with Crippen molar-refractivity contribution in [3.8, 4) is 16.9 Å². The number of piperidine rings is 1. The van der Waals surface area contributed by atoms with Crippen LogP contribution in [0.2, 0.25) is 0 Å². The molecule has 0 radical (unpaired) electrons. The van der Waals surface area contributed by atoms with Crippen LogP contribution in [0.1, 0.15) is 12.8 Å². The zero-order valence-corrected chi connectivity index (χ0v) is 18.3. The van der Waals surface area contributed by atoms with Crippen LogP contribution in [0.15, 0.2) is 43.0 Å². The molecule has 1 spiro atoms. The predicted octanol–water partition coefficient (Wildman–Crippen LogP) is 3.62. The average molecular weight is 433 g/mol. The van der Waals surface area contributed by atoms with Crippen LogP contribution in [-0.4, -0.2) is 64.8 Å². The maximum Gasteiger partial charge on any atom is 0.167 e. The van der Waals surface area contributed by atoms with Gasteiger partial charge in [-0.2, -0.15) is 5.10 Å². The molecule has 0 saturated carbocycles. The lowest BCUT2D eigenvalue weighted by Crippen LogP contribution is -2.58. The van der Waals surface area contributed by atoms with Gasteiger partial charge >= 0.3 is 0 Å². The first-order chi connectivity index (χ1) is 15.5. The third kappa shape index (κ3) is 3.01. The van der Waals surface area contributed by atoms with Crippen molar-refractivity contribution in [3.05, 3.63) is 48.8 Å². The molecule has 0 unspecified atom stereocenters. The number of hydrogen-bond acceptors (Lipinski definition) is 6. The molecule has 2 aliphatic heterocycles. The SMILES string of the molecule is COc1cc2c(-c3cnn4cc(N5CCC6(CC5)CN(C)C6)cnc34)ccnc2cc1F. The highest BCUT2D eigenvalue weighted by Gasteiger charge is 2.43. The Morgan fingerprint density at radius 3 is 2.62 bits per heavy atom. The fourth-order valence-electron chi connectivity index (χ4n) is 5.41. The van der Waals surface area contributed by atoms with E-state index < -0.39 is 5.82 Å². The van der Waals surface area contributed by atoms with Crippen LogP contribution < -0.4 is 9.64 Å². The van der Waals surface area contributed by atoms with Crippen molar-refractivity contribution in [1.82, 2.24) is 24.5 Å². The highest BCUT2D eigenvalue weighted by molar-refractivity contribution is 5.98. The number of fused-ring (bicyclic) bond motifs is 2. The van der Waals surface area contributed by atoms with Gasteiger partial charge in [-0.1, -0.05) is 0 Å². The highest BCUT2D eigenvalue weighted by atomic mass is 19.1. The van der Waals surface area contributed by atoms with Crippen LogP contribution in [0.5, 0.6) is 5.75 Å². The van der Waals surface area contributed by atoms with Gasteiger partial charge in [0, 0.05) is 49.4 Å². The van der Waals surface area contributed by atoms with Crippen molar-refractivity contribution in [2.24, 2.45) is 5.41 Å². The fraction of sp³-hybridized carbons (Fsp3) is 0.375. The topological polar surface area (TPSA) is 58.8 Å². The van der Waals surface area contributed by atoms with Crippen molar-refractivity contribution in [2.45, 2.75) is 12.8 Å². The molecule has 1 aromatic carbocycles. The first-order valence-corrected chi connectivity index (χ1v) is 10.9. The monoisotopic (exact) mass is 432 g/mol. The van der Waals surface area contributed by atoms with Gasteiger partial charge in [0.1, 0.15) is 0 Å². The molecular weight excluding hydrogens is 407 g/mol. The molecule has 2 aliphatic rings. The predicted molar refractivity (Wildman–Crippen MR) is 122 cm³/mol. The summed E-state index contributed by atoms with van der Waals surface area (Å²) < 4.78 is 21.2. The first kappa shape index (κ1) is 19.4. The summed E-state index contributed by atoms with van der Waals surface area (Å²) in [5.41, 5.74) is 4.73. The van der Waals surface area contributed by atoms with Gasteiger partial charge in [-0.15, -0.1) is 0 Å². The molecule has 2 fully saturated rings. The maximum atomic E-state index is 14.2. The number of methoxy groups -OCH3 is 1. The molecule has 0 atom stereocenters. The summed E-state index contributed by atoms with van der Waals surface area (Å²) in [6, 6.07) is 5.00. The van der Waals surface area contributed by atoms with Gasteiger partial charge in [0.2, 0.25) is 0 Å². The molecular formula is C24H25FN6O. The molecule has 5 heterocycles. The minimum atomic E-state index is -0.427. The summed E-state index contributed by atoms with van der Waals surface area (Å²) in [6.07, 6.45) is 9.94. The largest absolute Gasteiger partial charge is 0.494 e. The molecule has 6 rings (SSSR count). The smallest absolute Gasteiger partial charge is 0.167 e. The van der Waals surface area contributed by atoms with Crippen LogP contribution in [0, 0.1) is 11.2 Å². The van der Waals surface area contributed by atoms with Crippen LogP contribution in [-0.2, 0) is 0 Å². The zero-order valence-electron chi connectivity index (χ0n) is 18.3. The lowest BCUT2D eigenvalue weighted by molar-refractivity contribution is 0.00130. The van der Waals surface area contributed by atoms with Gasteiger partial charge in [0.25, 0.3) is 0 Å². The number of likely N-dealkylation sites (tertiary alicyclic amines) is 1. The van der Waals surface area contributed by atoms with E-state index >= 15 is 0 Å². The third-order valence-corrected chi connectivity index (χ3v) is 7.05. The number of aromatic nitrogens is 4. The Kier molecular flexibility index (Phi) is 4.33. The molecule has 2 saturated heterocycles. The van der Waals surface area contributed by atoms with Gasteiger partial charge in [-0.3, -0.25) is 4.98 Å². The Bertz CT molecular complexity index is 1320. The molecule has 0 bridgehead atoms. The zero-order chi connectivity index (χ0) is 21.9. The van der Waals surface area contributed by atoms with Crippen LogP contribution in [0.3, 0.4) is 0 Å². The number of rotatable bonds is 3. The summed E-state index contributed by atoms with van der Waals surface area (Å²) in [5, 5.41) is 5.38. The van der Waals surface area contributed by atoms with Crippen molar-refractivity contribution in [3.63, 3.8) is 0 Å². The van der Waals surface area contributed by atoms with Crippen molar-refractivity contribution < 1.29 is 9.13 Å². The average Bonchev–Trinajstić information content (AvgIpc) is 3.21. The van der Waals surface area contributed by atoms with E-state index in [1.165, 1.54) is 39.1 Å². The molecule has 7 nitrogen and oxygen atoms in total. The number of nitrogens with zero attached hydrogens (tertiary/aromatic N) is 6. The molecule has 0 aliphatic carbocycles. The normalized spacial score (nSPS) is 18.4. The van der Waals surface area contributed by atoms with Gasteiger partial charge in [-0.05, 0) is 43.0 Å². The first-order valence-electron chi connectivity index (χ1n) is 10.9. The van der Waals surface area contributed by atoms with E-state index in [9.17, 15) is 4.39 Å². The van der Waals surface area contributed by atoms with Crippen LogP contribution in [0.25, 0.3) is 27.7 Å². The van der Waals surface area contributed by atoms with E-state index in [-0.39, 0.29) is 5.75 Å². The molecule has 8 heteroatoms. The molecule has 164 valence electrons. The van der Waals surface area contributed by atoms with Crippen LogP contribution >= 0.6 is 0 Å². The summed E-state index contributed by atoms with van der Waals surface area (Å²) in [7, 11) is 3.66. The molecule has 32 heavy (non-hydrogen) atoms. The van der Waals surface area contributed by atoms with E-state index in [1.54, 1.807) is 12.3 Å². The van der Waals surface area contributed by atoms with Crippen LogP contribution in [0.4, 0.5) is 10.1 Å². The summed E-state index contributed by atoms with van der Waals surface area (Å²) >= 11 is 0. The Hall–Kier alpha value is -3.26. The summed E-state index contributed by atoms with van der Waals surface area (Å²) in [5.74, 6) is -0.233. The van der Waals surface area contributed by atoms with Gasteiger partial charge in [0.15, 0.2) is 17.2 Å². The maximum absolute atomic E-state index is 14.2. The number of benzene rings is 1. The third-order valence-electron chi connectivity index (χ3n) is 7.05. The molecule has 0 amide bonds. The lowest BCUT2D eigenvalue weighted by Gasteiger charge is -2.53. The number of halogens is 1. The molecule has 4 aromatic rings. The van der Waals surface area contributed by atoms with Gasteiger partial charge in [0.05, 0.1) is 36.9 Å². The fourth-order valence-corrected chi connectivity index (χ4v) is 5.41. The van der Waals surface area contributed by atoms with E-state index in [0.717, 1.165) is 40.9 Å². The van der Waals surface area contributed by atoms with Gasteiger partial charge in [-0.25, -0.2) is 13.9 Å². The Morgan fingerprint density at radius 1 is 1.06 bits per heavy atom. The van der Waals surface area contributed by atoms with E-state index in [2.05, 4.69) is 33.1 Å². The van der Waals surface area contributed by atoms with Crippen molar-refractivity contribution >= 4 is 22.2 Å². The Labute approximate surface area is 185 Å². The number of anilines is 1. The number of pyridine rings is 1. The van der Waals surface area contributed by atoms with Gasteiger partial charge < -0.3 is 14.5 Å². The summed E-state index contributed by atoms with van der Waals surface area (Å²) in [4.78, 5) is 13.9. The molecule has 3 aromatic heterocycles. The minimum absolute atomic E-state index is 0.194. The highest BCUT2D eigenvalue weighted by Crippen LogP contribution is 2.40. The van der Waals surface area contributed by atoms with E-state index in [4.69, 9.17) is 9.72 Å². The molecule has 0 N–H and O–H groups in total. The standard InChI is InChI=1S/C24H25FN6O/c1-29-14-24(15-29)4-7-30(8-5-24)16-11-27-23-19(12-28-31(23)13-16)17-3-6-26-21-10-20(25)22(32-2)9-18(17)21/h3,6,9-13H,4-5,7-8,14-15H2,1-2H3. The number of ether oxygens (including phenoxy) is 1. The van der Waals surface area contributed by atoms with E-state index in [0.29, 0.717) is 10.9 Å². The van der Waals surface area contributed by atoms with Crippen molar-refractivity contribution in [2.75, 3.05) is 45.2 Å². The Morgan fingerprint density at radius 2 is 1.88 bits per heavy atom. The second-order valence-corrected chi connectivity index (χ2v) is 9.16. The Balaban J connectivity index is 1.34. The second kappa shape index (κ2) is 7.13. The second-order valence-electron chi connectivity index (χ2n) is 9.16. The number of hydrogen-bond donors (Lipinski definition) is 0. The quantitative estimate of drug-likeness (QED) is 0.493. The lowest BCUT2D eigenvalue weighted by atomic mass is 9.72. The summed E-state index contributed by atoms with van der Waals surface area (Å²) in [6.45, 7) is 4.54. The van der Waals surface area contributed by atoms with Crippen molar-refractivity contribution in [1.29, 1.82) is 0 Å². The van der Waals surface area contributed by atoms with E-state index in [1.807, 2.05) is 23.0 Å². The minimum Gasteiger partial charge on any atom is -0.494 e.